The Morgan fingerprint density at radius 3 is 2.68 bits per heavy atom. The smallest absolute Gasteiger partial charge is 0.0873 e. The molecule has 1 aliphatic carbocycles. The van der Waals surface area contributed by atoms with Crippen LogP contribution in [0.5, 0.6) is 0 Å². The summed E-state index contributed by atoms with van der Waals surface area (Å²) in [5.41, 5.74) is 1.49. The molecular formula is C16H28O2S. The molecule has 110 valence electrons. The Bertz CT molecular complexity index is 330. The Kier molecular flexibility index (Phi) is 5.93. The molecule has 1 heterocycles. The molecule has 1 aliphatic heterocycles. The van der Waals surface area contributed by atoms with Gasteiger partial charge in [-0.1, -0.05) is 13.3 Å². The summed E-state index contributed by atoms with van der Waals surface area (Å²) in [7, 11) is -0.600. The van der Waals surface area contributed by atoms with Crippen LogP contribution in [0.4, 0.5) is 0 Å². The standard InChI is InChI=1S/C16H28O2S/c1-2-16(11-7-13-19(16)17)10-6-12-18-14-15-8-4-3-5-9-15/h14H,2-13H2,1H3. The van der Waals surface area contributed by atoms with Crippen LogP contribution in [0.25, 0.3) is 0 Å². The molecule has 19 heavy (non-hydrogen) atoms. The molecule has 2 nitrogen and oxygen atoms in total. The summed E-state index contributed by atoms with van der Waals surface area (Å²) < 4.78 is 17.9. The van der Waals surface area contributed by atoms with Crippen molar-refractivity contribution in [3.63, 3.8) is 0 Å². The van der Waals surface area contributed by atoms with Crippen molar-refractivity contribution in [1.29, 1.82) is 0 Å². The first-order valence-corrected chi connectivity index (χ1v) is 9.27. The molecule has 0 aromatic carbocycles. The van der Waals surface area contributed by atoms with Gasteiger partial charge >= 0.3 is 0 Å². The van der Waals surface area contributed by atoms with E-state index in [1.165, 1.54) is 37.7 Å². The van der Waals surface area contributed by atoms with Crippen molar-refractivity contribution in [3.8, 4) is 0 Å². The van der Waals surface area contributed by atoms with Gasteiger partial charge in [0.2, 0.25) is 0 Å². The van der Waals surface area contributed by atoms with Crippen LogP contribution in [0, 0.1) is 0 Å². The topological polar surface area (TPSA) is 26.3 Å². The van der Waals surface area contributed by atoms with Crippen LogP contribution in [0.1, 0.15) is 71.1 Å². The Morgan fingerprint density at radius 1 is 1.26 bits per heavy atom. The molecule has 2 unspecified atom stereocenters. The highest BCUT2D eigenvalue weighted by Crippen LogP contribution is 2.36. The monoisotopic (exact) mass is 284 g/mol. The third-order valence-electron chi connectivity index (χ3n) is 4.73. The van der Waals surface area contributed by atoms with Gasteiger partial charge in [0.25, 0.3) is 0 Å². The van der Waals surface area contributed by atoms with Crippen molar-refractivity contribution in [2.75, 3.05) is 12.4 Å². The summed E-state index contributed by atoms with van der Waals surface area (Å²) in [6, 6.07) is 0. The molecular weight excluding hydrogens is 256 g/mol. The fraction of sp³-hybridized carbons (Fsp3) is 0.875. The van der Waals surface area contributed by atoms with Crippen LogP contribution in [0.15, 0.2) is 11.8 Å². The molecule has 1 saturated heterocycles. The fourth-order valence-electron chi connectivity index (χ4n) is 3.39. The summed E-state index contributed by atoms with van der Waals surface area (Å²) in [6.07, 6.45) is 13.9. The van der Waals surface area contributed by atoms with E-state index < -0.39 is 10.8 Å². The van der Waals surface area contributed by atoms with Crippen molar-refractivity contribution in [1.82, 2.24) is 0 Å². The minimum absolute atomic E-state index is 0.112. The quantitative estimate of drug-likeness (QED) is 0.536. The zero-order valence-electron chi connectivity index (χ0n) is 12.3. The lowest BCUT2D eigenvalue weighted by molar-refractivity contribution is 0.229. The van der Waals surface area contributed by atoms with E-state index in [-0.39, 0.29) is 4.75 Å². The average molecular weight is 284 g/mol. The maximum atomic E-state index is 12.1. The van der Waals surface area contributed by atoms with E-state index in [0.29, 0.717) is 0 Å². The van der Waals surface area contributed by atoms with Crippen LogP contribution in [-0.2, 0) is 15.5 Å². The molecule has 0 amide bonds. The molecule has 0 aromatic heterocycles. The molecule has 0 radical (unpaired) electrons. The number of allylic oxidation sites excluding steroid dienone is 1. The van der Waals surface area contributed by atoms with Gasteiger partial charge in [0.1, 0.15) is 0 Å². The van der Waals surface area contributed by atoms with E-state index in [9.17, 15) is 4.21 Å². The van der Waals surface area contributed by atoms with E-state index in [1.54, 1.807) is 0 Å². The van der Waals surface area contributed by atoms with E-state index >= 15 is 0 Å². The first-order valence-electron chi connectivity index (χ1n) is 7.95. The summed E-state index contributed by atoms with van der Waals surface area (Å²) in [6.45, 7) is 2.98. The number of hydrogen-bond acceptors (Lipinski definition) is 2. The maximum Gasteiger partial charge on any atom is 0.0873 e. The zero-order chi connectivity index (χ0) is 13.6. The minimum atomic E-state index is -0.600. The van der Waals surface area contributed by atoms with Crippen LogP contribution in [-0.4, -0.2) is 21.3 Å². The number of rotatable bonds is 6. The molecule has 0 bridgehead atoms. The second kappa shape index (κ2) is 7.47. The Labute approximate surface area is 120 Å². The minimum Gasteiger partial charge on any atom is -0.501 e. The SMILES string of the molecule is CCC1(CCCOC=C2CCCCC2)CCCS1=O. The van der Waals surface area contributed by atoms with Crippen LogP contribution in [0.3, 0.4) is 0 Å². The van der Waals surface area contributed by atoms with Crippen molar-refractivity contribution < 1.29 is 8.95 Å². The summed E-state index contributed by atoms with van der Waals surface area (Å²) in [4.78, 5) is 0. The average Bonchev–Trinajstić information content (AvgIpc) is 2.81. The highest BCUT2D eigenvalue weighted by Gasteiger charge is 2.38. The van der Waals surface area contributed by atoms with Crippen LogP contribution < -0.4 is 0 Å². The van der Waals surface area contributed by atoms with Crippen molar-refractivity contribution in [2.24, 2.45) is 0 Å². The van der Waals surface area contributed by atoms with Crippen LogP contribution >= 0.6 is 0 Å². The van der Waals surface area contributed by atoms with Gasteiger partial charge in [-0.05, 0) is 63.4 Å². The summed E-state index contributed by atoms with van der Waals surface area (Å²) >= 11 is 0. The first-order chi connectivity index (χ1) is 9.27. The van der Waals surface area contributed by atoms with Gasteiger partial charge in [-0.15, -0.1) is 0 Å². The molecule has 0 aromatic rings. The van der Waals surface area contributed by atoms with Gasteiger partial charge in [-0.25, -0.2) is 0 Å². The maximum absolute atomic E-state index is 12.1. The predicted octanol–water partition coefficient (Wildman–Crippen LogP) is 4.32. The molecule has 2 aliphatic rings. The van der Waals surface area contributed by atoms with Gasteiger partial charge in [-0.2, -0.15) is 0 Å². The van der Waals surface area contributed by atoms with Gasteiger partial charge in [0.15, 0.2) is 0 Å². The molecule has 2 rings (SSSR count). The lowest BCUT2D eigenvalue weighted by Gasteiger charge is -2.25. The van der Waals surface area contributed by atoms with E-state index in [4.69, 9.17) is 4.74 Å². The zero-order valence-corrected chi connectivity index (χ0v) is 13.1. The lowest BCUT2D eigenvalue weighted by Crippen LogP contribution is -2.29. The highest BCUT2D eigenvalue weighted by atomic mass is 32.2. The summed E-state index contributed by atoms with van der Waals surface area (Å²) in [5, 5.41) is 0. The molecule has 2 atom stereocenters. The number of ether oxygens (including phenoxy) is 1. The third-order valence-corrected chi connectivity index (χ3v) is 7.05. The second-order valence-corrected chi connectivity index (χ2v) is 7.97. The molecule has 1 saturated carbocycles. The molecule has 0 spiro atoms. The van der Waals surface area contributed by atoms with Crippen molar-refractivity contribution in [2.45, 2.75) is 75.9 Å². The van der Waals surface area contributed by atoms with Crippen molar-refractivity contribution in [3.05, 3.63) is 11.8 Å². The molecule has 2 fully saturated rings. The van der Waals surface area contributed by atoms with E-state index in [1.807, 2.05) is 6.26 Å². The first kappa shape index (κ1) is 15.1. The third kappa shape index (κ3) is 4.08. The van der Waals surface area contributed by atoms with Crippen LogP contribution in [0.2, 0.25) is 0 Å². The largest absolute Gasteiger partial charge is 0.501 e. The summed E-state index contributed by atoms with van der Waals surface area (Å²) in [5.74, 6) is 0.915. The number of hydrogen-bond donors (Lipinski definition) is 0. The van der Waals surface area contributed by atoms with Crippen molar-refractivity contribution >= 4 is 10.8 Å². The lowest BCUT2D eigenvalue weighted by atomic mass is 9.95. The van der Waals surface area contributed by atoms with Gasteiger partial charge < -0.3 is 4.74 Å². The predicted molar refractivity (Wildman–Crippen MR) is 81.6 cm³/mol. The van der Waals surface area contributed by atoms with Gasteiger partial charge in [-0.3, -0.25) is 4.21 Å². The van der Waals surface area contributed by atoms with Gasteiger partial charge in [0.05, 0.1) is 12.9 Å². The Morgan fingerprint density at radius 2 is 2.05 bits per heavy atom. The second-order valence-electron chi connectivity index (χ2n) is 6.00. The molecule has 0 N–H and O–H groups in total. The molecule has 3 heteroatoms. The van der Waals surface area contributed by atoms with Gasteiger partial charge in [0, 0.05) is 21.3 Å². The van der Waals surface area contributed by atoms with E-state index in [0.717, 1.165) is 44.5 Å². The Balaban J connectivity index is 1.67. The fourth-order valence-corrected chi connectivity index (χ4v) is 5.29. The highest BCUT2D eigenvalue weighted by molar-refractivity contribution is 7.86. The Hall–Kier alpha value is -0.310. The normalized spacial score (nSPS) is 31.4. The van der Waals surface area contributed by atoms with E-state index in [2.05, 4.69) is 6.92 Å².